The number of nitrogens with one attached hydrogen (secondary N) is 3. The zero-order chi connectivity index (χ0) is 25.5. The summed E-state index contributed by atoms with van der Waals surface area (Å²) in [7, 11) is 0. The Bertz CT molecular complexity index is 1270. The van der Waals surface area contributed by atoms with E-state index in [9.17, 15) is 9.59 Å². The van der Waals surface area contributed by atoms with Gasteiger partial charge < -0.3 is 20.4 Å². The Hall–Kier alpha value is -4.13. The third-order valence-electron chi connectivity index (χ3n) is 5.64. The van der Waals surface area contributed by atoms with Gasteiger partial charge in [0.05, 0.1) is 17.1 Å². The number of benzene rings is 3. The van der Waals surface area contributed by atoms with Gasteiger partial charge in [0, 0.05) is 12.1 Å². The molecule has 0 fully saturated rings. The molecule has 0 radical (unpaired) electrons. The summed E-state index contributed by atoms with van der Waals surface area (Å²) in [5.74, 6) is 0.503. The van der Waals surface area contributed by atoms with Gasteiger partial charge in [0.2, 0.25) is 0 Å². The van der Waals surface area contributed by atoms with Crippen LogP contribution in [0.15, 0.2) is 78.9 Å². The number of carbonyl (C=O) groups excluding carboxylic acids is 2. The summed E-state index contributed by atoms with van der Waals surface area (Å²) < 4.78 is 5.29. The van der Waals surface area contributed by atoms with Crippen molar-refractivity contribution in [1.29, 1.82) is 0 Å². The fraction of sp³-hybridized carbons (Fsp3) is 0.276. The summed E-state index contributed by atoms with van der Waals surface area (Å²) in [6.07, 6.45) is 0.766. The van der Waals surface area contributed by atoms with Gasteiger partial charge in [-0.2, -0.15) is 0 Å². The first kappa shape index (κ1) is 25.0. The number of alkyl carbamates (subject to hydrolysis) is 1. The van der Waals surface area contributed by atoms with Crippen LogP contribution in [-0.2, 0) is 4.74 Å². The minimum Gasteiger partial charge on any atom is -0.444 e. The van der Waals surface area contributed by atoms with Crippen LogP contribution < -0.4 is 10.6 Å². The van der Waals surface area contributed by atoms with Crippen molar-refractivity contribution in [2.45, 2.75) is 45.3 Å². The lowest BCUT2D eigenvalue weighted by atomic mass is 10.0. The largest absolute Gasteiger partial charge is 0.444 e. The molecular weight excluding hydrogens is 452 g/mol. The number of nitrogens with zero attached hydrogens (tertiary/aromatic N) is 1. The van der Waals surface area contributed by atoms with Gasteiger partial charge in [0.25, 0.3) is 5.91 Å². The van der Waals surface area contributed by atoms with Crippen LogP contribution in [0.2, 0.25) is 0 Å². The van der Waals surface area contributed by atoms with E-state index in [1.807, 2.05) is 99.6 Å². The van der Waals surface area contributed by atoms with E-state index in [0.717, 1.165) is 22.2 Å². The Balaban J connectivity index is 1.44. The molecule has 7 nitrogen and oxygen atoms in total. The lowest BCUT2D eigenvalue weighted by Crippen LogP contribution is -2.34. The Morgan fingerprint density at radius 1 is 0.917 bits per heavy atom. The minimum absolute atomic E-state index is 0.180. The average molecular weight is 485 g/mol. The molecule has 0 unspecified atom stereocenters. The lowest BCUT2D eigenvalue weighted by Gasteiger charge is -2.20. The summed E-state index contributed by atoms with van der Waals surface area (Å²) >= 11 is 0. The van der Waals surface area contributed by atoms with Crippen molar-refractivity contribution in [1.82, 2.24) is 20.6 Å². The van der Waals surface area contributed by atoms with E-state index in [0.29, 0.717) is 30.8 Å². The summed E-state index contributed by atoms with van der Waals surface area (Å²) in [5.41, 5.74) is 3.92. The van der Waals surface area contributed by atoms with Crippen molar-refractivity contribution in [2.24, 2.45) is 0 Å². The molecule has 186 valence electrons. The molecule has 0 aliphatic carbocycles. The number of rotatable bonds is 8. The normalized spacial score (nSPS) is 12.2. The fourth-order valence-electron chi connectivity index (χ4n) is 3.91. The van der Waals surface area contributed by atoms with Gasteiger partial charge in [0.1, 0.15) is 11.4 Å². The molecule has 7 heteroatoms. The van der Waals surface area contributed by atoms with E-state index in [1.165, 1.54) is 0 Å². The van der Waals surface area contributed by atoms with Crippen molar-refractivity contribution in [3.63, 3.8) is 0 Å². The monoisotopic (exact) mass is 484 g/mol. The molecule has 0 bridgehead atoms. The van der Waals surface area contributed by atoms with Gasteiger partial charge in [-0.3, -0.25) is 4.79 Å². The third kappa shape index (κ3) is 6.72. The number of aromatic nitrogens is 2. The van der Waals surface area contributed by atoms with Gasteiger partial charge in [-0.15, -0.1) is 0 Å². The highest BCUT2D eigenvalue weighted by atomic mass is 16.6. The van der Waals surface area contributed by atoms with Gasteiger partial charge >= 0.3 is 6.09 Å². The van der Waals surface area contributed by atoms with Crippen LogP contribution >= 0.6 is 0 Å². The topological polar surface area (TPSA) is 96.1 Å². The number of para-hydroxylation sites is 2. The zero-order valence-corrected chi connectivity index (χ0v) is 20.9. The first-order valence-electron chi connectivity index (χ1n) is 12.2. The molecule has 0 aliphatic heterocycles. The first-order chi connectivity index (χ1) is 17.3. The standard InChI is InChI=1S/C29H32N4O3/c1-29(2,3)36-28(35)30-19-9-14-25(26-31-23-12-7-8-13-24(23)32-26)33-27(34)22-17-15-21(16-18-22)20-10-5-4-6-11-20/h4-8,10-13,15-18,25H,9,14,19H2,1-3H3,(H,30,35)(H,31,32)(H,33,34)/t25-/m0/s1. The van der Waals surface area contributed by atoms with Gasteiger partial charge in [-0.1, -0.05) is 54.6 Å². The SMILES string of the molecule is CC(C)(C)OC(=O)NCCC[C@H](NC(=O)c1ccc(-c2ccccc2)cc1)c1nc2ccccc2[nH]1. The van der Waals surface area contributed by atoms with Crippen molar-refractivity contribution in [3.8, 4) is 11.1 Å². The molecule has 36 heavy (non-hydrogen) atoms. The van der Waals surface area contributed by atoms with Crippen LogP contribution in [0.5, 0.6) is 0 Å². The summed E-state index contributed by atoms with van der Waals surface area (Å²) in [4.78, 5) is 33.1. The zero-order valence-electron chi connectivity index (χ0n) is 20.9. The van der Waals surface area contributed by atoms with E-state index >= 15 is 0 Å². The second-order valence-corrected chi connectivity index (χ2v) is 9.68. The minimum atomic E-state index is -0.551. The fourth-order valence-corrected chi connectivity index (χ4v) is 3.91. The maximum Gasteiger partial charge on any atom is 0.407 e. The van der Waals surface area contributed by atoms with E-state index in [4.69, 9.17) is 9.72 Å². The molecule has 0 aliphatic rings. The molecule has 1 atom stereocenters. The molecule has 4 rings (SSSR count). The average Bonchev–Trinajstić information content (AvgIpc) is 3.29. The number of H-pyrrole nitrogens is 1. The molecule has 1 heterocycles. The molecule has 1 aromatic heterocycles. The van der Waals surface area contributed by atoms with E-state index in [-0.39, 0.29) is 11.9 Å². The molecule has 0 spiro atoms. The number of hydrogen-bond donors (Lipinski definition) is 3. The number of imidazole rings is 1. The number of amides is 2. The molecule has 4 aromatic rings. The summed E-state index contributed by atoms with van der Waals surface area (Å²) in [5, 5.41) is 5.89. The highest BCUT2D eigenvalue weighted by Gasteiger charge is 2.20. The van der Waals surface area contributed by atoms with Crippen molar-refractivity contribution in [3.05, 3.63) is 90.3 Å². The van der Waals surface area contributed by atoms with Crippen LogP contribution in [0.1, 0.15) is 55.8 Å². The maximum atomic E-state index is 13.1. The first-order valence-corrected chi connectivity index (χ1v) is 12.2. The highest BCUT2D eigenvalue weighted by molar-refractivity contribution is 5.95. The van der Waals surface area contributed by atoms with Gasteiger partial charge in [-0.25, -0.2) is 9.78 Å². The van der Waals surface area contributed by atoms with Gasteiger partial charge in [-0.05, 0) is 69.0 Å². The molecule has 2 amide bonds. The molecule has 0 saturated carbocycles. The van der Waals surface area contributed by atoms with Crippen LogP contribution in [0.3, 0.4) is 0 Å². The second kappa shape index (κ2) is 11.1. The third-order valence-corrected chi connectivity index (χ3v) is 5.64. The summed E-state index contributed by atoms with van der Waals surface area (Å²) in [6.45, 7) is 5.90. The molecule has 3 aromatic carbocycles. The van der Waals surface area contributed by atoms with Crippen molar-refractivity contribution < 1.29 is 14.3 Å². The smallest absolute Gasteiger partial charge is 0.407 e. The van der Waals surface area contributed by atoms with E-state index < -0.39 is 11.7 Å². The van der Waals surface area contributed by atoms with Crippen LogP contribution in [0, 0.1) is 0 Å². The predicted molar refractivity (Wildman–Crippen MR) is 142 cm³/mol. The van der Waals surface area contributed by atoms with Crippen LogP contribution in [0.4, 0.5) is 4.79 Å². The second-order valence-electron chi connectivity index (χ2n) is 9.68. The number of hydrogen-bond acceptors (Lipinski definition) is 4. The van der Waals surface area contributed by atoms with E-state index in [1.54, 1.807) is 0 Å². The van der Waals surface area contributed by atoms with Crippen LogP contribution in [0.25, 0.3) is 22.2 Å². The number of carbonyl (C=O) groups is 2. The number of ether oxygens (including phenoxy) is 1. The predicted octanol–water partition coefficient (Wildman–Crippen LogP) is 6.01. The highest BCUT2D eigenvalue weighted by Crippen LogP contribution is 2.22. The Kier molecular flexibility index (Phi) is 7.68. The number of fused-ring (bicyclic) bond motifs is 1. The lowest BCUT2D eigenvalue weighted by molar-refractivity contribution is 0.0526. The maximum absolute atomic E-state index is 13.1. The molecule has 0 saturated heterocycles. The Morgan fingerprint density at radius 3 is 2.28 bits per heavy atom. The Labute approximate surface area is 211 Å². The summed E-state index contributed by atoms with van der Waals surface area (Å²) in [6, 6.07) is 25.0. The molecular formula is C29H32N4O3. The molecule has 3 N–H and O–H groups in total. The van der Waals surface area contributed by atoms with Crippen molar-refractivity contribution in [2.75, 3.05) is 6.54 Å². The number of aromatic amines is 1. The van der Waals surface area contributed by atoms with Crippen LogP contribution in [-0.4, -0.2) is 34.1 Å². The van der Waals surface area contributed by atoms with E-state index in [2.05, 4.69) is 15.6 Å². The Morgan fingerprint density at radius 2 is 1.58 bits per heavy atom. The quantitative estimate of drug-likeness (QED) is 0.267. The van der Waals surface area contributed by atoms with Crippen molar-refractivity contribution >= 4 is 23.0 Å². The van der Waals surface area contributed by atoms with Gasteiger partial charge in [0.15, 0.2) is 0 Å².